The van der Waals surface area contributed by atoms with Gasteiger partial charge in [-0.2, -0.15) is 0 Å². The molecule has 0 saturated heterocycles. The minimum Gasteiger partial charge on any atom is -0.443 e. The minimum atomic E-state index is -3.21. The van der Waals surface area contributed by atoms with Crippen molar-refractivity contribution in [2.45, 2.75) is 51.1 Å². The molecule has 1 heterocycles. The number of aliphatic imine (C=N–C) groups is 1. The maximum Gasteiger partial charge on any atom is 0.213 e. The fraction of sp³-hybridized carbons (Fsp3) is 0.474. The van der Waals surface area contributed by atoms with Gasteiger partial charge in [0.15, 0.2) is 15.8 Å². The van der Waals surface area contributed by atoms with E-state index >= 15 is 0 Å². The molecule has 0 spiro atoms. The number of oxazole rings is 1. The molecule has 0 aliphatic carbocycles. The molecule has 28 heavy (non-hydrogen) atoms. The van der Waals surface area contributed by atoms with Crippen LogP contribution in [0.2, 0.25) is 0 Å². The van der Waals surface area contributed by atoms with E-state index < -0.39 is 9.84 Å². The molecule has 156 valence electrons. The number of nitrogens with one attached hydrogen (secondary N) is 2. The van der Waals surface area contributed by atoms with Crippen LogP contribution in [-0.2, 0) is 28.3 Å². The minimum absolute atomic E-state index is 0. The van der Waals surface area contributed by atoms with Gasteiger partial charge in [0.25, 0.3) is 0 Å². The van der Waals surface area contributed by atoms with Crippen LogP contribution in [0.25, 0.3) is 0 Å². The van der Waals surface area contributed by atoms with Gasteiger partial charge in [-0.25, -0.2) is 13.4 Å². The second-order valence-corrected chi connectivity index (χ2v) is 9.50. The molecule has 0 aliphatic rings. The summed E-state index contributed by atoms with van der Waals surface area (Å²) in [6, 6.07) is 5.30. The van der Waals surface area contributed by atoms with Crippen molar-refractivity contribution in [3.8, 4) is 0 Å². The molecule has 1 aromatic heterocycles. The van der Waals surface area contributed by atoms with E-state index in [1.807, 2.05) is 6.07 Å². The summed E-state index contributed by atoms with van der Waals surface area (Å²) in [5.41, 5.74) is 1.62. The van der Waals surface area contributed by atoms with Crippen LogP contribution in [0.5, 0.6) is 0 Å². The summed E-state index contributed by atoms with van der Waals surface area (Å²) in [6.07, 6.45) is 2.96. The highest BCUT2D eigenvalue weighted by atomic mass is 127. The highest BCUT2D eigenvalue weighted by Gasteiger charge is 2.19. The van der Waals surface area contributed by atoms with Crippen molar-refractivity contribution < 1.29 is 12.8 Å². The Hall–Kier alpha value is -1.62. The lowest BCUT2D eigenvalue weighted by Crippen LogP contribution is -2.36. The van der Waals surface area contributed by atoms with Crippen molar-refractivity contribution in [3.05, 3.63) is 47.2 Å². The molecule has 0 radical (unpaired) electrons. The van der Waals surface area contributed by atoms with E-state index in [0.717, 1.165) is 16.9 Å². The monoisotopic (exact) mass is 520 g/mol. The second-order valence-electron chi connectivity index (χ2n) is 7.52. The fourth-order valence-corrected chi connectivity index (χ4v) is 3.50. The van der Waals surface area contributed by atoms with Crippen LogP contribution >= 0.6 is 24.0 Å². The third-order valence-electron chi connectivity index (χ3n) is 4.02. The van der Waals surface area contributed by atoms with Crippen LogP contribution in [0.1, 0.15) is 43.5 Å². The van der Waals surface area contributed by atoms with Gasteiger partial charge >= 0.3 is 0 Å². The zero-order valence-electron chi connectivity index (χ0n) is 17.2. The van der Waals surface area contributed by atoms with E-state index in [1.54, 1.807) is 32.3 Å². The zero-order valence-corrected chi connectivity index (χ0v) is 20.3. The summed E-state index contributed by atoms with van der Waals surface area (Å²) in [5, 5.41) is 6.36. The van der Waals surface area contributed by atoms with Crippen LogP contribution in [0.3, 0.4) is 0 Å². The summed E-state index contributed by atoms with van der Waals surface area (Å²) in [5.74, 6) is 2.04. The first-order valence-electron chi connectivity index (χ1n) is 8.70. The van der Waals surface area contributed by atoms with Crippen LogP contribution in [0.15, 0.2) is 38.7 Å². The van der Waals surface area contributed by atoms with Crippen molar-refractivity contribution in [2.75, 3.05) is 13.3 Å². The zero-order chi connectivity index (χ0) is 20.2. The average molecular weight is 520 g/mol. The van der Waals surface area contributed by atoms with Crippen LogP contribution in [0.4, 0.5) is 0 Å². The molecule has 2 aromatic rings. The third-order valence-corrected chi connectivity index (χ3v) is 5.28. The maximum atomic E-state index is 11.7. The molecular formula is C19H29IN4O3S. The number of benzene rings is 1. The number of rotatable bonds is 5. The fourth-order valence-electron chi connectivity index (χ4n) is 2.54. The van der Waals surface area contributed by atoms with Gasteiger partial charge in [-0.05, 0) is 24.1 Å². The van der Waals surface area contributed by atoms with E-state index in [2.05, 4.69) is 41.4 Å². The lowest BCUT2D eigenvalue weighted by Gasteiger charge is -2.14. The van der Waals surface area contributed by atoms with Crippen LogP contribution in [0, 0.1) is 6.92 Å². The number of aryl methyl sites for hydroxylation is 1. The lowest BCUT2D eigenvalue weighted by molar-refractivity contribution is 0.379. The summed E-state index contributed by atoms with van der Waals surface area (Å²) in [4.78, 5) is 8.82. The van der Waals surface area contributed by atoms with E-state index in [-0.39, 0.29) is 29.4 Å². The molecule has 0 bridgehead atoms. The van der Waals surface area contributed by atoms with Gasteiger partial charge in [-0.3, -0.25) is 4.99 Å². The largest absolute Gasteiger partial charge is 0.443 e. The van der Waals surface area contributed by atoms with E-state index in [9.17, 15) is 8.42 Å². The molecule has 0 saturated carbocycles. The number of sulfone groups is 1. The summed E-state index contributed by atoms with van der Waals surface area (Å²) < 4.78 is 29.2. The molecular weight excluding hydrogens is 491 g/mol. The Kier molecular flexibility index (Phi) is 8.48. The van der Waals surface area contributed by atoms with Crippen molar-refractivity contribution >= 4 is 39.8 Å². The standard InChI is InChI=1S/C19H28N4O3S.HI/c1-13-9-14(7-8-15(13)27(6,24)25)10-22-18(20-5)23-12-17-21-11-16(26-17)19(2,3)4;/h7-9,11H,10,12H2,1-6H3,(H2,20,22,23);1H. The molecule has 9 heteroatoms. The van der Waals surface area contributed by atoms with Crippen molar-refractivity contribution in [1.82, 2.24) is 15.6 Å². The van der Waals surface area contributed by atoms with E-state index in [1.165, 1.54) is 6.26 Å². The van der Waals surface area contributed by atoms with Crippen molar-refractivity contribution in [1.29, 1.82) is 0 Å². The smallest absolute Gasteiger partial charge is 0.213 e. The van der Waals surface area contributed by atoms with Crippen molar-refractivity contribution in [3.63, 3.8) is 0 Å². The van der Waals surface area contributed by atoms with Gasteiger partial charge in [0.05, 0.1) is 17.6 Å². The Labute approximate surface area is 184 Å². The van der Waals surface area contributed by atoms with E-state index in [0.29, 0.717) is 29.8 Å². The summed E-state index contributed by atoms with van der Waals surface area (Å²) in [7, 11) is -1.52. The van der Waals surface area contributed by atoms with Gasteiger partial charge in [0, 0.05) is 25.3 Å². The number of nitrogens with zero attached hydrogens (tertiary/aromatic N) is 2. The van der Waals surface area contributed by atoms with Crippen LogP contribution in [-0.4, -0.2) is 32.7 Å². The molecule has 0 amide bonds. The van der Waals surface area contributed by atoms with Gasteiger partial charge in [0.1, 0.15) is 5.76 Å². The average Bonchev–Trinajstić information content (AvgIpc) is 3.03. The molecule has 0 unspecified atom stereocenters. The first-order chi connectivity index (χ1) is 12.5. The molecule has 7 nitrogen and oxygen atoms in total. The summed E-state index contributed by atoms with van der Waals surface area (Å²) in [6.45, 7) is 8.94. The SMILES string of the molecule is CN=C(NCc1ccc(S(C)(=O)=O)c(C)c1)NCc1ncc(C(C)(C)C)o1.I. The molecule has 0 aliphatic heterocycles. The first kappa shape index (κ1) is 24.4. The first-order valence-corrected chi connectivity index (χ1v) is 10.6. The lowest BCUT2D eigenvalue weighted by atomic mass is 9.94. The predicted octanol–water partition coefficient (Wildman–Crippen LogP) is 3.17. The van der Waals surface area contributed by atoms with Gasteiger partial charge in [-0.15, -0.1) is 24.0 Å². The molecule has 1 aromatic carbocycles. The number of aromatic nitrogens is 1. The van der Waals surface area contributed by atoms with E-state index in [4.69, 9.17) is 4.42 Å². The van der Waals surface area contributed by atoms with Crippen LogP contribution < -0.4 is 10.6 Å². The Balaban J connectivity index is 0.00000392. The molecule has 2 rings (SSSR count). The van der Waals surface area contributed by atoms with Gasteiger partial charge in [-0.1, -0.05) is 32.9 Å². The molecule has 0 atom stereocenters. The quantitative estimate of drug-likeness (QED) is 0.357. The predicted molar refractivity (Wildman–Crippen MR) is 122 cm³/mol. The number of halogens is 1. The third kappa shape index (κ3) is 6.77. The Morgan fingerprint density at radius 3 is 2.36 bits per heavy atom. The normalized spacial score (nSPS) is 12.4. The maximum absolute atomic E-state index is 11.7. The highest BCUT2D eigenvalue weighted by Crippen LogP contribution is 2.22. The molecule has 0 fully saturated rings. The second kappa shape index (κ2) is 9.73. The number of guanidine groups is 1. The number of hydrogen-bond donors (Lipinski definition) is 2. The van der Waals surface area contributed by atoms with Crippen molar-refractivity contribution in [2.24, 2.45) is 4.99 Å². The Morgan fingerprint density at radius 2 is 1.86 bits per heavy atom. The summed E-state index contributed by atoms with van der Waals surface area (Å²) >= 11 is 0. The topological polar surface area (TPSA) is 96.6 Å². The molecule has 2 N–H and O–H groups in total. The number of hydrogen-bond acceptors (Lipinski definition) is 5. The Morgan fingerprint density at radius 1 is 1.21 bits per heavy atom. The highest BCUT2D eigenvalue weighted by molar-refractivity contribution is 14.0. The van der Waals surface area contributed by atoms with Gasteiger partial charge < -0.3 is 15.1 Å². The van der Waals surface area contributed by atoms with Gasteiger partial charge in [0.2, 0.25) is 5.89 Å². The Bertz CT molecular complexity index is 931.